The summed E-state index contributed by atoms with van der Waals surface area (Å²) in [7, 11) is 0. The van der Waals surface area contributed by atoms with E-state index in [0.717, 1.165) is 30.0 Å². The Morgan fingerprint density at radius 1 is 1.50 bits per heavy atom. The van der Waals surface area contributed by atoms with E-state index in [1.54, 1.807) is 11.3 Å². The lowest BCUT2D eigenvalue weighted by Gasteiger charge is -2.11. The summed E-state index contributed by atoms with van der Waals surface area (Å²) in [6, 6.07) is 0.614. The molecule has 3 nitrogen and oxygen atoms in total. The van der Waals surface area contributed by atoms with Crippen molar-refractivity contribution in [2.24, 2.45) is 0 Å². The van der Waals surface area contributed by atoms with Gasteiger partial charge in [0.05, 0.1) is 11.4 Å². The zero-order valence-electron chi connectivity index (χ0n) is 9.31. The molecule has 0 unspecified atom stereocenters. The minimum absolute atomic E-state index is 0.614. The summed E-state index contributed by atoms with van der Waals surface area (Å²) in [5.74, 6) is 0. The zero-order valence-corrected chi connectivity index (χ0v) is 10.1. The quantitative estimate of drug-likeness (QED) is 0.825. The van der Waals surface area contributed by atoms with E-state index in [9.17, 15) is 0 Å². The number of aromatic nitrogens is 2. The summed E-state index contributed by atoms with van der Waals surface area (Å²) in [4.78, 5) is 5.64. The lowest BCUT2D eigenvalue weighted by atomic mass is 10.2. The molecule has 0 amide bonds. The summed E-state index contributed by atoms with van der Waals surface area (Å²) >= 11 is 1.69. The van der Waals surface area contributed by atoms with Crippen molar-refractivity contribution in [2.45, 2.75) is 32.4 Å². The SMILES string of the molecule is Cc1nc2sccn2c1CNC1CC=CC1. The van der Waals surface area contributed by atoms with Crippen LogP contribution in [-0.4, -0.2) is 15.4 Å². The van der Waals surface area contributed by atoms with E-state index in [-0.39, 0.29) is 0 Å². The van der Waals surface area contributed by atoms with Crippen molar-refractivity contribution >= 4 is 16.3 Å². The number of imidazole rings is 1. The normalized spacial score (nSPS) is 16.6. The van der Waals surface area contributed by atoms with Gasteiger partial charge in [0.1, 0.15) is 0 Å². The molecule has 0 spiro atoms. The molecule has 16 heavy (non-hydrogen) atoms. The highest BCUT2D eigenvalue weighted by atomic mass is 32.1. The molecule has 0 radical (unpaired) electrons. The zero-order chi connectivity index (χ0) is 11.0. The predicted octanol–water partition coefficient (Wildman–Crippen LogP) is 2.51. The Morgan fingerprint density at radius 2 is 2.31 bits per heavy atom. The van der Waals surface area contributed by atoms with Gasteiger partial charge in [-0.3, -0.25) is 4.40 Å². The minimum Gasteiger partial charge on any atom is -0.308 e. The molecule has 0 aromatic carbocycles. The number of thiazole rings is 1. The van der Waals surface area contributed by atoms with E-state index in [4.69, 9.17) is 0 Å². The predicted molar refractivity (Wildman–Crippen MR) is 66.8 cm³/mol. The van der Waals surface area contributed by atoms with E-state index in [0.29, 0.717) is 6.04 Å². The monoisotopic (exact) mass is 233 g/mol. The molecule has 0 atom stereocenters. The van der Waals surface area contributed by atoms with Crippen molar-refractivity contribution in [3.63, 3.8) is 0 Å². The van der Waals surface area contributed by atoms with E-state index >= 15 is 0 Å². The number of nitrogens with one attached hydrogen (secondary N) is 1. The largest absolute Gasteiger partial charge is 0.308 e. The second-order valence-corrected chi connectivity index (χ2v) is 5.09. The van der Waals surface area contributed by atoms with Crippen LogP contribution in [0, 0.1) is 6.92 Å². The van der Waals surface area contributed by atoms with Crippen LogP contribution in [0.25, 0.3) is 4.96 Å². The van der Waals surface area contributed by atoms with Crippen LogP contribution < -0.4 is 5.32 Å². The fourth-order valence-corrected chi connectivity index (χ4v) is 2.96. The summed E-state index contributed by atoms with van der Waals surface area (Å²) in [5.41, 5.74) is 2.44. The molecule has 3 rings (SSSR count). The Hall–Kier alpha value is -1.13. The fourth-order valence-electron chi connectivity index (χ4n) is 2.18. The number of nitrogens with zero attached hydrogens (tertiary/aromatic N) is 2. The van der Waals surface area contributed by atoms with Gasteiger partial charge in [-0.1, -0.05) is 12.2 Å². The van der Waals surface area contributed by atoms with Gasteiger partial charge in [-0.05, 0) is 19.8 Å². The molecule has 1 aliphatic carbocycles. The highest BCUT2D eigenvalue weighted by Crippen LogP contribution is 2.17. The Morgan fingerprint density at radius 3 is 3.12 bits per heavy atom. The lowest BCUT2D eigenvalue weighted by molar-refractivity contribution is 0.531. The Labute approximate surface area is 98.8 Å². The molecule has 84 valence electrons. The minimum atomic E-state index is 0.614. The van der Waals surface area contributed by atoms with Crippen LogP contribution in [0.2, 0.25) is 0 Å². The Kier molecular flexibility index (Phi) is 2.53. The molecule has 0 saturated heterocycles. The lowest BCUT2D eigenvalue weighted by Crippen LogP contribution is -2.26. The average molecular weight is 233 g/mol. The maximum Gasteiger partial charge on any atom is 0.194 e. The van der Waals surface area contributed by atoms with Crippen LogP contribution in [-0.2, 0) is 6.54 Å². The molecular weight excluding hydrogens is 218 g/mol. The highest BCUT2D eigenvalue weighted by Gasteiger charge is 2.13. The van der Waals surface area contributed by atoms with E-state index in [1.165, 1.54) is 5.69 Å². The van der Waals surface area contributed by atoms with Gasteiger partial charge in [0, 0.05) is 24.2 Å². The highest BCUT2D eigenvalue weighted by molar-refractivity contribution is 7.15. The smallest absolute Gasteiger partial charge is 0.194 e. The number of aryl methyl sites for hydroxylation is 1. The third-order valence-corrected chi connectivity index (χ3v) is 3.88. The van der Waals surface area contributed by atoms with Gasteiger partial charge < -0.3 is 5.32 Å². The van der Waals surface area contributed by atoms with Crippen molar-refractivity contribution in [3.05, 3.63) is 35.1 Å². The van der Waals surface area contributed by atoms with E-state index < -0.39 is 0 Å². The number of hydrogen-bond acceptors (Lipinski definition) is 3. The number of hydrogen-bond donors (Lipinski definition) is 1. The molecule has 2 aromatic rings. The van der Waals surface area contributed by atoms with Gasteiger partial charge in [0.2, 0.25) is 0 Å². The standard InChI is InChI=1S/C12H15N3S/c1-9-11(8-13-10-4-2-3-5-10)15-6-7-16-12(15)14-9/h2-3,6-7,10,13H,4-5,8H2,1H3. The number of rotatable bonds is 3. The summed E-state index contributed by atoms with van der Waals surface area (Å²) in [5, 5.41) is 5.67. The maximum absolute atomic E-state index is 4.54. The van der Waals surface area contributed by atoms with Crippen molar-refractivity contribution in [1.82, 2.24) is 14.7 Å². The topological polar surface area (TPSA) is 29.3 Å². The fraction of sp³-hybridized carbons (Fsp3) is 0.417. The Balaban J connectivity index is 1.77. The van der Waals surface area contributed by atoms with Crippen molar-refractivity contribution in [1.29, 1.82) is 0 Å². The van der Waals surface area contributed by atoms with Crippen molar-refractivity contribution < 1.29 is 0 Å². The molecule has 0 bridgehead atoms. The van der Waals surface area contributed by atoms with Crippen LogP contribution in [0.3, 0.4) is 0 Å². The maximum atomic E-state index is 4.54. The molecule has 0 fully saturated rings. The molecule has 0 saturated carbocycles. The molecule has 1 N–H and O–H groups in total. The molecule has 2 heterocycles. The van der Waals surface area contributed by atoms with Crippen LogP contribution in [0.5, 0.6) is 0 Å². The molecule has 1 aliphatic rings. The molecule has 0 aliphatic heterocycles. The van der Waals surface area contributed by atoms with Gasteiger partial charge in [-0.2, -0.15) is 0 Å². The first-order valence-corrected chi connectivity index (χ1v) is 6.52. The first kappa shape index (κ1) is 10.1. The third kappa shape index (κ3) is 1.68. The molecular formula is C12H15N3S. The van der Waals surface area contributed by atoms with Crippen LogP contribution in [0.4, 0.5) is 0 Å². The van der Waals surface area contributed by atoms with Crippen LogP contribution >= 0.6 is 11.3 Å². The van der Waals surface area contributed by atoms with Crippen LogP contribution in [0.15, 0.2) is 23.7 Å². The van der Waals surface area contributed by atoms with Gasteiger partial charge in [-0.25, -0.2) is 4.98 Å². The van der Waals surface area contributed by atoms with E-state index in [2.05, 4.69) is 45.4 Å². The summed E-state index contributed by atoms with van der Waals surface area (Å²) < 4.78 is 2.19. The van der Waals surface area contributed by atoms with Gasteiger partial charge >= 0.3 is 0 Å². The van der Waals surface area contributed by atoms with Crippen molar-refractivity contribution in [2.75, 3.05) is 0 Å². The van der Waals surface area contributed by atoms with Gasteiger partial charge in [0.25, 0.3) is 0 Å². The van der Waals surface area contributed by atoms with Gasteiger partial charge in [0.15, 0.2) is 4.96 Å². The first-order chi connectivity index (χ1) is 7.84. The van der Waals surface area contributed by atoms with Crippen molar-refractivity contribution in [3.8, 4) is 0 Å². The molecule has 2 aromatic heterocycles. The second kappa shape index (κ2) is 4.03. The summed E-state index contributed by atoms with van der Waals surface area (Å²) in [6.07, 6.45) is 8.92. The second-order valence-electron chi connectivity index (χ2n) is 4.22. The van der Waals surface area contributed by atoms with Gasteiger partial charge in [-0.15, -0.1) is 11.3 Å². The average Bonchev–Trinajstić information content (AvgIpc) is 2.92. The third-order valence-electron chi connectivity index (χ3n) is 3.13. The first-order valence-electron chi connectivity index (χ1n) is 5.64. The molecule has 4 heteroatoms. The van der Waals surface area contributed by atoms with E-state index in [1.807, 2.05) is 0 Å². The number of fused-ring (bicyclic) bond motifs is 1. The summed E-state index contributed by atoms with van der Waals surface area (Å²) in [6.45, 7) is 3.00. The van der Waals surface area contributed by atoms with Crippen LogP contribution in [0.1, 0.15) is 24.2 Å². The Bertz CT molecular complexity index is 515.